The Bertz CT molecular complexity index is 549. The van der Waals surface area contributed by atoms with E-state index in [1.165, 1.54) is 0 Å². The van der Waals surface area contributed by atoms with Gasteiger partial charge in [-0.15, -0.1) is 10.2 Å². The van der Waals surface area contributed by atoms with Crippen LogP contribution in [-0.2, 0) is 27.4 Å². The maximum atomic E-state index is 10.6. The van der Waals surface area contributed by atoms with Gasteiger partial charge in [0.05, 0.1) is 0 Å². The number of hydrogen-bond donors (Lipinski definition) is 0. The molecule has 0 amide bonds. The topological polar surface area (TPSA) is 141 Å². The van der Waals surface area contributed by atoms with Crippen LogP contribution >= 0.6 is 23.0 Å². The Balaban J connectivity index is 3.79. The van der Waals surface area contributed by atoms with Gasteiger partial charge in [0.1, 0.15) is 0 Å². The summed E-state index contributed by atoms with van der Waals surface area (Å²) in [5.41, 5.74) is -1.85. The lowest BCUT2D eigenvalue weighted by atomic mass is 10.7. The quantitative estimate of drug-likeness (QED) is 0.647. The Kier molecular flexibility index (Phi) is 3.52. The van der Waals surface area contributed by atoms with Crippen LogP contribution in [0.25, 0.3) is 0 Å². The summed E-state index contributed by atoms with van der Waals surface area (Å²) in [4.78, 5) is 0. The second kappa shape index (κ2) is 4.49. The average Bonchev–Trinajstić information content (AvgIpc) is 2.16. The minimum atomic E-state index is -3.43. The Morgan fingerprint density at radius 2 is 1.07 bits per heavy atom. The van der Waals surface area contributed by atoms with Crippen molar-refractivity contribution in [2.24, 2.45) is 0 Å². The van der Waals surface area contributed by atoms with Crippen molar-refractivity contribution in [2.45, 2.75) is 0 Å². The fourth-order valence-corrected chi connectivity index (χ4v) is 2.98. The standard InChI is InChI=1S/C3N3O6P3/c7-13(8)1-2(14(9)10)4-6-5-3(1)15(11)12. The molecule has 1 heterocycles. The fourth-order valence-electron chi connectivity index (χ4n) is 0.711. The molecule has 1 aromatic rings. The van der Waals surface area contributed by atoms with Gasteiger partial charge in [-0.2, -0.15) is 0 Å². The summed E-state index contributed by atoms with van der Waals surface area (Å²) in [6.07, 6.45) is 0. The zero-order valence-electron chi connectivity index (χ0n) is 6.63. The van der Waals surface area contributed by atoms with Crippen LogP contribution in [0.3, 0.4) is 0 Å². The van der Waals surface area contributed by atoms with Gasteiger partial charge < -0.3 is 0 Å². The average molecular weight is 267 g/mol. The van der Waals surface area contributed by atoms with Gasteiger partial charge in [0.2, 0.25) is 10.9 Å². The van der Waals surface area contributed by atoms with Crippen LogP contribution in [0.1, 0.15) is 0 Å². The summed E-state index contributed by atoms with van der Waals surface area (Å²) >= 11 is 0. The van der Waals surface area contributed by atoms with Crippen molar-refractivity contribution < 1.29 is 27.4 Å². The van der Waals surface area contributed by atoms with Crippen LogP contribution in [0.2, 0.25) is 0 Å². The van der Waals surface area contributed by atoms with Gasteiger partial charge in [-0.1, -0.05) is 0 Å². The van der Waals surface area contributed by atoms with Gasteiger partial charge >= 0.3 is 23.0 Å². The van der Waals surface area contributed by atoms with Crippen molar-refractivity contribution in [3.05, 3.63) is 0 Å². The van der Waals surface area contributed by atoms with Crippen LogP contribution in [0.4, 0.5) is 0 Å². The van der Waals surface area contributed by atoms with Crippen LogP contribution in [0.5, 0.6) is 0 Å². The lowest BCUT2D eigenvalue weighted by molar-refractivity contribution is 0.516. The van der Waals surface area contributed by atoms with Gasteiger partial charge in [0.25, 0.3) is 0 Å². The lowest BCUT2D eigenvalue weighted by Crippen LogP contribution is -2.33. The SMILES string of the molecule is O=P(=O)c1nnnc(P(=O)=O)c1P(=O)=O. The zero-order valence-corrected chi connectivity index (χ0v) is 9.32. The Morgan fingerprint density at radius 3 is 1.33 bits per heavy atom. The minimum absolute atomic E-state index is 0.926. The third kappa shape index (κ3) is 2.39. The van der Waals surface area contributed by atoms with E-state index in [9.17, 15) is 27.4 Å². The van der Waals surface area contributed by atoms with E-state index in [0.29, 0.717) is 0 Å². The molecular formula is C3N3O6P3. The van der Waals surface area contributed by atoms with E-state index in [2.05, 4.69) is 15.4 Å². The number of nitrogens with zero attached hydrogens (tertiary/aromatic N) is 3. The predicted molar refractivity (Wildman–Crippen MR) is 43.6 cm³/mol. The summed E-state index contributed by atoms with van der Waals surface area (Å²) in [7, 11) is -10.1. The van der Waals surface area contributed by atoms with E-state index in [1.807, 2.05) is 0 Å². The normalized spacial score (nSPS) is 9.60. The maximum Gasteiger partial charge on any atom is 0.370 e. The highest BCUT2D eigenvalue weighted by molar-refractivity contribution is 7.52. The van der Waals surface area contributed by atoms with Crippen molar-refractivity contribution >= 4 is 39.2 Å². The lowest BCUT2D eigenvalue weighted by Gasteiger charge is -1.91. The fraction of sp³-hybridized carbons (Fsp3) is 0. The van der Waals surface area contributed by atoms with Crippen LogP contribution in [-0.4, -0.2) is 15.4 Å². The van der Waals surface area contributed by atoms with E-state index >= 15 is 0 Å². The van der Waals surface area contributed by atoms with Crippen molar-refractivity contribution in [3.63, 3.8) is 0 Å². The van der Waals surface area contributed by atoms with E-state index in [-0.39, 0.29) is 0 Å². The zero-order chi connectivity index (χ0) is 11.6. The Labute approximate surface area is 82.8 Å². The molecule has 78 valence electrons. The first-order valence-corrected chi connectivity index (χ1v) is 6.65. The third-order valence-corrected chi connectivity index (χ3v) is 3.69. The molecule has 15 heavy (non-hydrogen) atoms. The molecule has 1 rings (SSSR count). The largest absolute Gasteiger partial charge is 0.370 e. The summed E-state index contributed by atoms with van der Waals surface area (Å²) < 4.78 is 63.5. The highest BCUT2D eigenvalue weighted by Crippen LogP contribution is 2.10. The van der Waals surface area contributed by atoms with Crippen molar-refractivity contribution in [2.75, 3.05) is 0 Å². The van der Waals surface area contributed by atoms with Crippen LogP contribution in [0, 0.1) is 0 Å². The molecule has 0 atom stereocenters. The number of aromatic nitrogens is 3. The van der Waals surface area contributed by atoms with Crippen molar-refractivity contribution in [1.82, 2.24) is 15.4 Å². The molecule has 0 aliphatic heterocycles. The molecule has 0 unspecified atom stereocenters. The van der Waals surface area contributed by atoms with Crippen molar-refractivity contribution in [3.8, 4) is 0 Å². The first-order valence-electron chi connectivity index (χ1n) is 3.11. The van der Waals surface area contributed by atoms with E-state index in [0.717, 1.165) is 0 Å². The van der Waals surface area contributed by atoms with Crippen LogP contribution in [0.15, 0.2) is 0 Å². The first-order chi connectivity index (χ1) is 6.95. The maximum absolute atomic E-state index is 10.6. The molecule has 0 radical (unpaired) electrons. The molecule has 9 nitrogen and oxygen atoms in total. The number of rotatable bonds is 3. The molecule has 0 aliphatic rings. The molecular weight excluding hydrogens is 267 g/mol. The molecule has 0 saturated carbocycles. The Morgan fingerprint density at radius 1 is 0.667 bits per heavy atom. The van der Waals surface area contributed by atoms with Crippen LogP contribution < -0.4 is 16.2 Å². The minimum Gasteiger partial charge on any atom is -0.232 e. The molecule has 0 aliphatic carbocycles. The van der Waals surface area contributed by atoms with Gasteiger partial charge in [-0.3, -0.25) is 0 Å². The predicted octanol–water partition coefficient (Wildman–Crippen LogP) is -0.734. The smallest absolute Gasteiger partial charge is 0.232 e. The number of hydrogen-bond acceptors (Lipinski definition) is 9. The molecule has 1 aromatic heterocycles. The van der Waals surface area contributed by atoms with E-state index < -0.39 is 39.2 Å². The van der Waals surface area contributed by atoms with Gasteiger partial charge in [-0.05, 0) is 5.21 Å². The molecule has 0 saturated heterocycles. The van der Waals surface area contributed by atoms with E-state index in [1.54, 1.807) is 0 Å². The molecule has 0 N–H and O–H groups in total. The molecule has 0 aromatic carbocycles. The molecule has 0 bridgehead atoms. The van der Waals surface area contributed by atoms with Crippen molar-refractivity contribution in [1.29, 1.82) is 0 Å². The molecule has 0 fully saturated rings. The van der Waals surface area contributed by atoms with Gasteiger partial charge in [0.15, 0.2) is 5.30 Å². The Hall–Kier alpha value is -1.29. The first kappa shape index (κ1) is 11.8. The second-order valence-electron chi connectivity index (χ2n) is 2.06. The summed E-state index contributed by atoms with van der Waals surface area (Å²) in [6.45, 7) is 0. The monoisotopic (exact) mass is 267 g/mol. The third-order valence-electron chi connectivity index (χ3n) is 1.23. The molecule has 0 spiro atoms. The molecule has 12 heteroatoms. The highest BCUT2D eigenvalue weighted by Gasteiger charge is 2.24. The van der Waals surface area contributed by atoms with Gasteiger partial charge in [0, 0.05) is 0 Å². The van der Waals surface area contributed by atoms with E-state index in [4.69, 9.17) is 0 Å². The summed E-state index contributed by atoms with van der Waals surface area (Å²) in [6, 6.07) is 0. The highest BCUT2D eigenvalue weighted by atomic mass is 31.1. The summed E-state index contributed by atoms with van der Waals surface area (Å²) in [5.74, 6) is 0. The second-order valence-corrected chi connectivity index (χ2v) is 4.89. The summed E-state index contributed by atoms with van der Waals surface area (Å²) in [5, 5.41) is 7.75. The van der Waals surface area contributed by atoms with Gasteiger partial charge in [-0.25, -0.2) is 27.4 Å².